The van der Waals surface area contributed by atoms with E-state index in [9.17, 15) is 5.11 Å². The molecule has 1 aromatic heterocycles. The molecule has 1 aliphatic carbocycles. The third-order valence-electron chi connectivity index (χ3n) is 5.07. The fourth-order valence-corrected chi connectivity index (χ4v) is 5.29. The van der Waals surface area contributed by atoms with Gasteiger partial charge < -0.3 is 9.84 Å². The van der Waals surface area contributed by atoms with Crippen LogP contribution in [0.15, 0.2) is 11.4 Å². The van der Waals surface area contributed by atoms with Gasteiger partial charge in [-0.1, -0.05) is 0 Å². The van der Waals surface area contributed by atoms with E-state index in [0.29, 0.717) is 5.92 Å². The van der Waals surface area contributed by atoms with Gasteiger partial charge in [0.15, 0.2) is 0 Å². The van der Waals surface area contributed by atoms with Crippen LogP contribution < -0.4 is 0 Å². The third kappa shape index (κ3) is 2.44. The zero-order valence-corrected chi connectivity index (χ0v) is 13.8. The Balaban J connectivity index is 1.86. The first-order valence-electron chi connectivity index (χ1n) is 7.75. The normalized spacial score (nSPS) is 32.9. The SMILES string of the molecule is CC1(C)CC(C(O)C2CCCc3sccc32)C(C)(C)O1. The molecule has 0 aromatic carbocycles. The Morgan fingerprint density at radius 2 is 2.10 bits per heavy atom. The molecule has 20 heavy (non-hydrogen) atoms. The van der Waals surface area contributed by atoms with Crippen molar-refractivity contribution in [1.82, 2.24) is 0 Å². The Bertz CT molecular complexity index is 489. The molecule has 2 aliphatic rings. The lowest BCUT2D eigenvalue weighted by molar-refractivity contribution is -0.0904. The quantitative estimate of drug-likeness (QED) is 0.889. The first-order valence-corrected chi connectivity index (χ1v) is 8.63. The second-order valence-corrected chi connectivity index (χ2v) is 8.56. The van der Waals surface area contributed by atoms with Crippen LogP contribution in [0, 0.1) is 5.92 Å². The number of fused-ring (bicyclic) bond motifs is 1. The highest BCUT2D eigenvalue weighted by Gasteiger charge is 2.50. The number of hydrogen-bond donors (Lipinski definition) is 1. The average Bonchev–Trinajstić information content (AvgIpc) is 2.89. The number of rotatable bonds is 2. The maximum absolute atomic E-state index is 11.0. The van der Waals surface area contributed by atoms with Crippen LogP contribution in [0.4, 0.5) is 0 Å². The van der Waals surface area contributed by atoms with E-state index in [1.165, 1.54) is 23.3 Å². The third-order valence-corrected chi connectivity index (χ3v) is 6.06. The van der Waals surface area contributed by atoms with Crippen LogP contribution in [0.5, 0.6) is 0 Å². The van der Waals surface area contributed by atoms with Crippen LogP contribution in [-0.4, -0.2) is 22.4 Å². The molecule has 3 heteroatoms. The minimum Gasteiger partial charge on any atom is -0.392 e. The summed E-state index contributed by atoms with van der Waals surface area (Å²) >= 11 is 1.85. The molecule has 112 valence electrons. The highest BCUT2D eigenvalue weighted by atomic mass is 32.1. The van der Waals surface area contributed by atoms with Gasteiger partial charge in [0.2, 0.25) is 0 Å². The van der Waals surface area contributed by atoms with E-state index in [0.717, 1.165) is 12.8 Å². The van der Waals surface area contributed by atoms with Gasteiger partial charge in [-0.05, 0) is 70.4 Å². The van der Waals surface area contributed by atoms with Gasteiger partial charge in [0, 0.05) is 16.7 Å². The van der Waals surface area contributed by atoms with Gasteiger partial charge in [0.1, 0.15) is 0 Å². The predicted molar refractivity (Wildman–Crippen MR) is 83.4 cm³/mol. The van der Waals surface area contributed by atoms with Crippen LogP contribution in [-0.2, 0) is 11.2 Å². The van der Waals surface area contributed by atoms with Gasteiger partial charge in [-0.3, -0.25) is 0 Å². The summed E-state index contributed by atoms with van der Waals surface area (Å²) in [6.45, 7) is 8.54. The van der Waals surface area contributed by atoms with Gasteiger partial charge >= 0.3 is 0 Å². The minimum atomic E-state index is -0.291. The molecule has 1 fully saturated rings. The highest BCUT2D eigenvalue weighted by molar-refractivity contribution is 7.10. The second kappa shape index (κ2) is 4.82. The fourth-order valence-electron chi connectivity index (χ4n) is 4.29. The molecule has 3 atom stereocenters. The van der Waals surface area contributed by atoms with Crippen LogP contribution in [0.1, 0.15) is 63.3 Å². The van der Waals surface area contributed by atoms with E-state index in [2.05, 4.69) is 39.1 Å². The number of ether oxygens (including phenoxy) is 1. The van der Waals surface area contributed by atoms with Crippen molar-refractivity contribution in [3.63, 3.8) is 0 Å². The summed E-state index contributed by atoms with van der Waals surface area (Å²) < 4.78 is 6.17. The lowest BCUT2D eigenvalue weighted by Crippen LogP contribution is -2.40. The van der Waals surface area contributed by atoms with Crippen molar-refractivity contribution in [2.45, 2.75) is 76.6 Å². The molecular weight excluding hydrogens is 268 g/mol. The average molecular weight is 294 g/mol. The standard InChI is InChI=1S/C17H26O2S/c1-16(2)10-13(17(3,4)19-16)15(18)12-6-5-7-14-11(12)8-9-20-14/h8-9,12-13,15,18H,5-7,10H2,1-4H3. The van der Waals surface area contributed by atoms with E-state index in [-0.39, 0.29) is 23.2 Å². The molecule has 0 radical (unpaired) electrons. The summed E-state index contributed by atoms with van der Waals surface area (Å²) in [6, 6.07) is 2.22. The molecular formula is C17H26O2S. The predicted octanol–water partition coefficient (Wildman–Crippen LogP) is 4.12. The number of aliphatic hydroxyl groups is 1. The summed E-state index contributed by atoms with van der Waals surface area (Å²) in [5, 5.41) is 13.2. The minimum absolute atomic E-state index is 0.124. The van der Waals surface area contributed by atoms with Crippen molar-refractivity contribution in [1.29, 1.82) is 0 Å². The fraction of sp³-hybridized carbons (Fsp3) is 0.765. The molecule has 1 N–H and O–H groups in total. The topological polar surface area (TPSA) is 29.5 Å². The molecule has 1 aliphatic heterocycles. The van der Waals surface area contributed by atoms with Gasteiger partial charge in [-0.25, -0.2) is 0 Å². The van der Waals surface area contributed by atoms with Crippen molar-refractivity contribution in [2.24, 2.45) is 5.92 Å². The summed E-state index contributed by atoms with van der Waals surface area (Å²) in [5.41, 5.74) is 1.03. The van der Waals surface area contributed by atoms with Crippen LogP contribution in [0.3, 0.4) is 0 Å². The Morgan fingerprint density at radius 1 is 1.35 bits per heavy atom. The monoisotopic (exact) mass is 294 g/mol. The van der Waals surface area contributed by atoms with Gasteiger partial charge in [-0.2, -0.15) is 0 Å². The Kier molecular flexibility index (Phi) is 3.51. The summed E-state index contributed by atoms with van der Waals surface area (Å²) in [4.78, 5) is 1.48. The van der Waals surface area contributed by atoms with Gasteiger partial charge in [0.05, 0.1) is 17.3 Å². The molecule has 1 saturated heterocycles. The molecule has 2 heterocycles. The first kappa shape index (κ1) is 14.6. The van der Waals surface area contributed by atoms with E-state index in [1.54, 1.807) is 0 Å². The highest BCUT2D eigenvalue weighted by Crippen LogP contribution is 2.48. The van der Waals surface area contributed by atoms with Crippen molar-refractivity contribution in [3.05, 3.63) is 21.9 Å². The molecule has 3 unspecified atom stereocenters. The number of hydrogen-bond acceptors (Lipinski definition) is 3. The number of aliphatic hydroxyl groups excluding tert-OH is 1. The lowest BCUT2D eigenvalue weighted by atomic mass is 9.73. The van der Waals surface area contributed by atoms with Crippen LogP contribution >= 0.6 is 11.3 Å². The maximum atomic E-state index is 11.0. The number of aryl methyl sites for hydroxylation is 1. The molecule has 0 spiro atoms. The smallest absolute Gasteiger partial charge is 0.0687 e. The molecule has 1 aromatic rings. The van der Waals surface area contributed by atoms with E-state index < -0.39 is 0 Å². The molecule has 0 bridgehead atoms. The van der Waals surface area contributed by atoms with Crippen LogP contribution in [0.25, 0.3) is 0 Å². The molecule has 3 rings (SSSR count). The zero-order valence-electron chi connectivity index (χ0n) is 13.0. The largest absolute Gasteiger partial charge is 0.392 e. The Labute approximate surface area is 126 Å². The molecule has 2 nitrogen and oxygen atoms in total. The number of thiophene rings is 1. The van der Waals surface area contributed by atoms with Crippen LogP contribution in [0.2, 0.25) is 0 Å². The molecule has 0 saturated carbocycles. The summed E-state index contributed by atoms with van der Waals surface area (Å²) in [6.07, 6.45) is 4.15. The zero-order chi connectivity index (χ0) is 14.5. The van der Waals surface area contributed by atoms with E-state index in [4.69, 9.17) is 4.74 Å². The second-order valence-electron chi connectivity index (χ2n) is 7.56. The Morgan fingerprint density at radius 3 is 2.75 bits per heavy atom. The first-order chi connectivity index (χ1) is 9.30. The van der Waals surface area contributed by atoms with E-state index >= 15 is 0 Å². The molecule has 0 amide bonds. The van der Waals surface area contributed by atoms with Gasteiger partial charge in [0.25, 0.3) is 0 Å². The van der Waals surface area contributed by atoms with Crippen molar-refractivity contribution in [2.75, 3.05) is 0 Å². The summed E-state index contributed by atoms with van der Waals surface area (Å²) in [5.74, 6) is 0.514. The van der Waals surface area contributed by atoms with Crippen molar-refractivity contribution in [3.8, 4) is 0 Å². The lowest BCUT2D eigenvalue weighted by Gasteiger charge is -2.36. The van der Waals surface area contributed by atoms with Gasteiger partial charge in [-0.15, -0.1) is 11.3 Å². The summed E-state index contributed by atoms with van der Waals surface area (Å²) in [7, 11) is 0. The maximum Gasteiger partial charge on any atom is 0.0687 e. The van der Waals surface area contributed by atoms with Crippen molar-refractivity contribution >= 4 is 11.3 Å². The van der Waals surface area contributed by atoms with Crippen molar-refractivity contribution < 1.29 is 9.84 Å². The van der Waals surface area contributed by atoms with E-state index in [1.807, 2.05) is 11.3 Å². The Hall–Kier alpha value is -0.380.